The van der Waals surface area contributed by atoms with E-state index in [0.717, 1.165) is 18.5 Å². The lowest BCUT2D eigenvalue weighted by molar-refractivity contribution is 0.0742. The lowest BCUT2D eigenvalue weighted by Crippen LogP contribution is -2.07. The fourth-order valence-electron chi connectivity index (χ4n) is 1.23. The molecule has 0 aliphatic carbocycles. The van der Waals surface area contributed by atoms with Crippen molar-refractivity contribution in [1.82, 2.24) is 4.98 Å². The van der Waals surface area contributed by atoms with Crippen LogP contribution in [0, 0.1) is 0 Å². The molecule has 0 atom stereocenters. The number of ether oxygens (including phenoxy) is 1. The number of rotatable bonds is 4. The summed E-state index contributed by atoms with van der Waals surface area (Å²) in [5.74, 6) is 0.148. The fraction of sp³-hybridized carbons (Fsp3) is 0.400. The van der Waals surface area contributed by atoms with E-state index in [4.69, 9.17) is 4.74 Å². The van der Waals surface area contributed by atoms with E-state index < -0.39 is 5.97 Å². The van der Waals surface area contributed by atoms with Gasteiger partial charge in [0.15, 0.2) is 0 Å². The van der Waals surface area contributed by atoms with E-state index in [1.165, 1.54) is 0 Å². The van der Waals surface area contributed by atoms with E-state index >= 15 is 0 Å². The maximum Gasteiger partial charge on any atom is 0.485 e. The molecular formula is C10H12AlNO3. The highest BCUT2D eigenvalue weighted by Crippen LogP contribution is 2.15. The minimum absolute atomic E-state index is 0.271. The van der Waals surface area contributed by atoms with Gasteiger partial charge in [0.25, 0.3) is 0 Å². The average Bonchev–Trinajstić information content (AvgIpc) is 2.28. The maximum atomic E-state index is 11.3. The Morgan fingerprint density at radius 1 is 1.53 bits per heavy atom. The molecule has 1 heterocycles. The zero-order chi connectivity index (χ0) is 11.3. The Hall–Kier alpha value is -1.05. The molecule has 1 aromatic heterocycles. The number of nitrogens with zero attached hydrogens (tertiary/aromatic N) is 1. The van der Waals surface area contributed by atoms with Gasteiger partial charge in [-0.05, 0) is 6.42 Å². The van der Waals surface area contributed by atoms with Crippen molar-refractivity contribution in [3.8, 4) is 5.75 Å². The Morgan fingerprint density at radius 3 is 2.80 bits per heavy atom. The van der Waals surface area contributed by atoms with Crippen molar-refractivity contribution in [2.45, 2.75) is 19.8 Å². The van der Waals surface area contributed by atoms with Gasteiger partial charge in [-0.2, -0.15) is 0 Å². The molecule has 0 aliphatic rings. The summed E-state index contributed by atoms with van der Waals surface area (Å²) in [7, 11) is 1.56. The second-order valence-electron chi connectivity index (χ2n) is 3.04. The minimum Gasteiger partial charge on any atom is -0.623 e. The van der Waals surface area contributed by atoms with Crippen molar-refractivity contribution >= 4 is 22.6 Å². The molecule has 0 unspecified atom stereocenters. The number of carbonyl (C=O) groups excluding carboxylic acids is 1. The van der Waals surface area contributed by atoms with Crippen LogP contribution in [0.3, 0.4) is 0 Å². The zero-order valence-electron chi connectivity index (χ0n) is 8.82. The normalized spacial score (nSPS) is 9.73. The van der Waals surface area contributed by atoms with Crippen LogP contribution < -0.4 is 4.74 Å². The summed E-state index contributed by atoms with van der Waals surface area (Å²) in [4.78, 5) is 15.5. The van der Waals surface area contributed by atoms with Crippen LogP contribution in [0.25, 0.3) is 0 Å². The maximum absolute atomic E-state index is 11.3. The summed E-state index contributed by atoms with van der Waals surface area (Å²) in [5.41, 5.74) is 1.11. The predicted molar refractivity (Wildman–Crippen MR) is 56.0 cm³/mol. The number of hydrogen-bond donors (Lipinski definition) is 0. The van der Waals surface area contributed by atoms with Crippen LogP contribution in [0.1, 0.15) is 29.5 Å². The van der Waals surface area contributed by atoms with Crippen LogP contribution in [0.15, 0.2) is 12.1 Å². The van der Waals surface area contributed by atoms with Crippen molar-refractivity contribution in [1.29, 1.82) is 0 Å². The highest BCUT2D eigenvalue weighted by molar-refractivity contribution is 6.08. The Labute approximate surface area is 97.4 Å². The Kier molecular flexibility index (Phi) is 4.60. The van der Waals surface area contributed by atoms with Crippen molar-refractivity contribution in [3.63, 3.8) is 0 Å². The molecular weight excluding hydrogens is 209 g/mol. The van der Waals surface area contributed by atoms with Gasteiger partial charge in [-0.3, -0.25) is 0 Å². The lowest BCUT2D eigenvalue weighted by Gasteiger charge is -2.07. The van der Waals surface area contributed by atoms with E-state index in [9.17, 15) is 4.79 Å². The van der Waals surface area contributed by atoms with Crippen LogP contribution >= 0.6 is 0 Å². The lowest BCUT2D eigenvalue weighted by atomic mass is 10.2. The van der Waals surface area contributed by atoms with Gasteiger partial charge in [0.05, 0.1) is 7.11 Å². The number of methoxy groups -OCH3 is 1. The van der Waals surface area contributed by atoms with E-state index in [1.807, 2.05) is 22.7 Å². The van der Waals surface area contributed by atoms with Crippen molar-refractivity contribution in [3.05, 3.63) is 23.5 Å². The first-order chi connectivity index (χ1) is 7.21. The van der Waals surface area contributed by atoms with Gasteiger partial charge in [-0.15, -0.1) is 0 Å². The highest BCUT2D eigenvalue weighted by atomic mass is 27.1. The first kappa shape index (κ1) is 12.0. The molecule has 2 radical (unpaired) electrons. The van der Waals surface area contributed by atoms with Gasteiger partial charge >= 0.3 is 22.6 Å². The first-order valence-electron chi connectivity index (χ1n) is 4.67. The summed E-state index contributed by atoms with van der Waals surface area (Å²) in [6.45, 7) is 2.05. The molecule has 0 aromatic carbocycles. The summed E-state index contributed by atoms with van der Waals surface area (Å²) in [5, 5.41) is 0. The van der Waals surface area contributed by atoms with Crippen LogP contribution in [-0.4, -0.2) is 34.7 Å². The fourth-order valence-corrected chi connectivity index (χ4v) is 1.35. The molecule has 0 aliphatic heterocycles. The standard InChI is InChI=1S/C10H13NO3.Al/c1-3-4-7-5-8(14-2)6-9(11-7)10(12)13;/h5-6H,3-4H2,1-2H3,(H,12,13);/q;+1/p-1. The summed E-state index contributed by atoms with van der Waals surface area (Å²) >= 11 is 1.91. The number of pyridine rings is 1. The van der Waals surface area contributed by atoms with Crippen LogP contribution in [0.4, 0.5) is 0 Å². The average molecular weight is 221 g/mol. The number of carbonyl (C=O) groups is 1. The molecule has 4 nitrogen and oxygen atoms in total. The Balaban J connectivity index is 3.05. The smallest absolute Gasteiger partial charge is 0.485 e. The summed E-state index contributed by atoms with van der Waals surface area (Å²) in [6.07, 6.45) is 1.78. The SMILES string of the molecule is CCCc1cc(OC)cc(C(=O)[O][Al])n1. The molecule has 5 heteroatoms. The molecule has 15 heavy (non-hydrogen) atoms. The van der Waals surface area contributed by atoms with E-state index in [-0.39, 0.29) is 5.69 Å². The largest absolute Gasteiger partial charge is 0.623 e. The number of hydrogen-bond acceptors (Lipinski definition) is 4. The van der Waals surface area contributed by atoms with Crippen LogP contribution in [0.5, 0.6) is 5.75 Å². The quantitative estimate of drug-likeness (QED) is 0.718. The van der Waals surface area contributed by atoms with Crippen molar-refractivity contribution in [2.75, 3.05) is 7.11 Å². The molecule has 0 fully saturated rings. The van der Waals surface area contributed by atoms with Crippen molar-refractivity contribution in [2.24, 2.45) is 0 Å². The monoisotopic (exact) mass is 221 g/mol. The molecule has 0 saturated heterocycles. The van der Waals surface area contributed by atoms with Gasteiger partial charge in [0.1, 0.15) is 11.4 Å². The molecule has 78 valence electrons. The molecule has 0 bridgehead atoms. The summed E-state index contributed by atoms with van der Waals surface area (Å²) < 4.78 is 9.61. The van der Waals surface area contributed by atoms with E-state index in [2.05, 4.69) is 15.7 Å². The van der Waals surface area contributed by atoms with Gasteiger partial charge in [-0.25, -0.2) is 9.78 Å². The van der Waals surface area contributed by atoms with Gasteiger partial charge in [-0.1, -0.05) is 13.3 Å². The predicted octanol–water partition coefficient (Wildman–Crippen LogP) is 1.28. The molecule has 0 amide bonds. The third kappa shape index (κ3) is 3.22. The second-order valence-corrected chi connectivity index (χ2v) is 3.27. The minimum atomic E-state index is -0.476. The number of aryl methyl sites for hydroxylation is 1. The second kappa shape index (κ2) is 5.74. The molecule has 1 rings (SSSR count). The molecule has 0 saturated carbocycles. The highest BCUT2D eigenvalue weighted by Gasteiger charge is 2.09. The molecule has 0 N–H and O–H groups in total. The molecule has 1 aromatic rings. The van der Waals surface area contributed by atoms with E-state index in [0.29, 0.717) is 5.75 Å². The topological polar surface area (TPSA) is 48.4 Å². The van der Waals surface area contributed by atoms with Gasteiger partial charge in [0.2, 0.25) is 0 Å². The Morgan fingerprint density at radius 2 is 2.27 bits per heavy atom. The van der Waals surface area contributed by atoms with E-state index in [1.54, 1.807) is 13.2 Å². The van der Waals surface area contributed by atoms with Crippen LogP contribution in [0.2, 0.25) is 0 Å². The van der Waals surface area contributed by atoms with Gasteiger partial charge in [0, 0.05) is 17.8 Å². The Bertz CT molecular complexity index is 355. The third-order valence-electron chi connectivity index (χ3n) is 1.91. The van der Waals surface area contributed by atoms with Crippen molar-refractivity contribution < 1.29 is 13.3 Å². The zero-order valence-corrected chi connectivity index (χ0v) is 9.97. The van der Waals surface area contributed by atoms with Gasteiger partial charge < -0.3 is 8.53 Å². The number of aromatic nitrogens is 1. The molecule has 0 spiro atoms. The first-order valence-corrected chi connectivity index (χ1v) is 5.14. The summed E-state index contributed by atoms with van der Waals surface area (Å²) in [6, 6.07) is 3.38. The third-order valence-corrected chi connectivity index (χ3v) is 2.12. The van der Waals surface area contributed by atoms with Crippen LogP contribution in [-0.2, 0) is 10.2 Å².